The molecule has 0 aromatic rings. The van der Waals surface area contributed by atoms with E-state index in [1.807, 2.05) is 0 Å². The zero-order chi connectivity index (χ0) is 4.71. The molecule has 0 amide bonds. The van der Waals surface area contributed by atoms with Crippen molar-refractivity contribution in [2.75, 3.05) is 0 Å². The minimum atomic E-state index is -0.750. The van der Waals surface area contributed by atoms with Gasteiger partial charge in [0, 0.05) is 6.57 Å². The van der Waals surface area contributed by atoms with E-state index in [0.29, 0.717) is 0 Å². The Morgan fingerprint density at radius 2 is 1.40 bits per heavy atom. The van der Waals surface area contributed by atoms with E-state index in [-0.39, 0.29) is 0 Å². The molecular weight excluding hydrogens is 90.1 g/mol. The first-order valence-electron chi connectivity index (χ1n) is 0.592. The van der Waals surface area contributed by atoms with Crippen LogP contribution >= 0.6 is 0 Å². The summed E-state index contributed by atoms with van der Waals surface area (Å²) in [6, 6.07) is 0. The number of nitrogens with zero attached hydrogens (tertiary/aromatic N) is 1. The molecule has 0 aromatic carbocycles. The monoisotopic (exact) mass is 91.0 g/mol. The molecule has 0 aliphatic heterocycles. The molecule has 0 N–H and O–H groups in total. The van der Waals surface area contributed by atoms with E-state index in [1.54, 1.807) is 0 Å². The normalized spacial score (nSPS) is 2.80. The first-order valence-corrected chi connectivity index (χ1v) is 1.26. The lowest BCUT2D eigenvalue weighted by Gasteiger charge is -0.947. The molecule has 0 unspecified atom stereocenters. The minimum absolute atomic E-state index is 0.750. The summed E-state index contributed by atoms with van der Waals surface area (Å²) in [5.74, 6) is 0. The van der Waals surface area contributed by atoms with E-state index in [1.165, 1.54) is 0 Å². The molecule has 3 nitrogen and oxygen atoms in total. The first-order chi connectivity index (χ1) is 2.41. The topological polar surface area (TPSA) is 57.9 Å². The van der Waals surface area contributed by atoms with Crippen LogP contribution in [0.3, 0.4) is 0 Å². The molecule has 0 rings (SSSR count). The average Bonchev–Trinajstić information content (AvgIpc) is 1.46. The van der Waals surface area contributed by atoms with Crippen LogP contribution in [0.4, 0.5) is 0 Å². The van der Waals surface area contributed by atoms with Gasteiger partial charge in [-0.1, -0.05) is 0 Å². The van der Waals surface area contributed by atoms with Gasteiger partial charge in [0.2, 0.25) is 0 Å². The second-order valence-corrected chi connectivity index (χ2v) is 0.204. The third-order valence-electron chi connectivity index (χ3n) is 0. The predicted octanol–water partition coefficient (Wildman–Crippen LogP) is -0.530. The van der Waals surface area contributed by atoms with E-state index in [9.17, 15) is 0 Å². The standard InChI is InChI=1S/CHN.O2S/c1-2;1-3-2/h1H;. The van der Waals surface area contributed by atoms with Crippen LogP contribution in [0.25, 0.3) is 0 Å². The summed E-state index contributed by atoms with van der Waals surface area (Å²) in [6.07, 6.45) is 0. The zero-order valence-corrected chi connectivity index (χ0v) is 3.07. The summed E-state index contributed by atoms with van der Waals surface area (Å²) in [5, 5.41) is 6.50. The fourth-order valence-electron chi connectivity index (χ4n) is 0. The molecule has 0 aliphatic rings. The SMILES string of the molecule is C#N.O=S=O. The number of rotatable bonds is 0. The van der Waals surface area contributed by atoms with Crippen LogP contribution in [0.2, 0.25) is 0 Å². The second-order valence-electron chi connectivity index (χ2n) is 0.0680. The second kappa shape index (κ2) is 184. The van der Waals surface area contributed by atoms with Crippen LogP contribution in [-0.4, -0.2) is 8.42 Å². The number of hydrogen-bond acceptors (Lipinski definition) is 3. The fraction of sp³-hybridized carbons (Fsp3) is 0. The highest BCUT2D eigenvalue weighted by molar-refractivity contribution is 7.51. The maximum atomic E-state index is 8.29. The molecule has 0 aromatic heterocycles. The van der Waals surface area contributed by atoms with Crippen molar-refractivity contribution in [3.05, 3.63) is 0 Å². The van der Waals surface area contributed by atoms with Gasteiger partial charge in [-0.2, -0.15) is 8.42 Å². The Hall–Kier alpha value is -0.690. The molecule has 28 valence electrons. The molecule has 0 bridgehead atoms. The molecule has 0 spiro atoms. The van der Waals surface area contributed by atoms with Gasteiger partial charge in [-0.15, -0.1) is 0 Å². The summed E-state index contributed by atoms with van der Waals surface area (Å²) in [5.41, 5.74) is 0. The Labute approximate surface area is 32.8 Å². The van der Waals surface area contributed by atoms with Gasteiger partial charge >= 0.3 is 11.6 Å². The van der Waals surface area contributed by atoms with E-state index in [0.717, 1.165) is 0 Å². The maximum absolute atomic E-state index is 8.29. The lowest BCUT2D eigenvalue weighted by molar-refractivity contribution is 0.630. The smallest absolute Gasteiger partial charge is 0.202 e. The van der Waals surface area contributed by atoms with Crippen LogP contribution in [-0.2, 0) is 11.6 Å². The molecule has 0 heterocycles. The van der Waals surface area contributed by atoms with Gasteiger partial charge in [0.1, 0.15) is 0 Å². The molecule has 0 fully saturated rings. The van der Waals surface area contributed by atoms with Crippen molar-refractivity contribution in [2.45, 2.75) is 0 Å². The molecule has 0 saturated heterocycles. The van der Waals surface area contributed by atoms with Crippen LogP contribution < -0.4 is 0 Å². The van der Waals surface area contributed by atoms with Gasteiger partial charge in [0.25, 0.3) is 0 Å². The van der Waals surface area contributed by atoms with Crippen molar-refractivity contribution in [1.29, 1.82) is 5.26 Å². The zero-order valence-electron chi connectivity index (χ0n) is 2.25. The Morgan fingerprint density at radius 1 is 1.40 bits per heavy atom. The molecule has 0 radical (unpaired) electrons. The molecule has 0 aliphatic carbocycles. The van der Waals surface area contributed by atoms with Gasteiger partial charge in [-0.05, 0) is 0 Å². The van der Waals surface area contributed by atoms with Crippen LogP contribution in [0, 0.1) is 11.8 Å². The largest absolute Gasteiger partial charge is 0.335 e. The van der Waals surface area contributed by atoms with Gasteiger partial charge in [0.05, 0.1) is 0 Å². The van der Waals surface area contributed by atoms with Crippen LogP contribution in [0.5, 0.6) is 0 Å². The van der Waals surface area contributed by atoms with Crippen molar-refractivity contribution in [1.82, 2.24) is 0 Å². The third kappa shape index (κ3) is 11.9. The maximum Gasteiger partial charge on any atom is 0.335 e. The predicted molar refractivity (Wildman–Crippen MR) is 15.6 cm³/mol. The summed E-state index contributed by atoms with van der Waals surface area (Å²) in [7, 11) is 0. The summed E-state index contributed by atoms with van der Waals surface area (Å²) in [4.78, 5) is 0. The Kier molecular flexibility index (Phi) is 325. The lowest BCUT2D eigenvalue weighted by atomic mass is 11.9. The average molecular weight is 91.1 g/mol. The molecule has 0 atom stereocenters. The minimum Gasteiger partial charge on any atom is -0.202 e. The highest BCUT2D eigenvalue weighted by Gasteiger charge is 1.12. The Balaban J connectivity index is 0. The van der Waals surface area contributed by atoms with E-state index in [4.69, 9.17) is 13.7 Å². The first kappa shape index (κ1) is 8.85. The Morgan fingerprint density at radius 3 is 1.40 bits per heavy atom. The summed E-state index contributed by atoms with van der Waals surface area (Å²) in [6.45, 7) is 3.50. The van der Waals surface area contributed by atoms with Crippen molar-refractivity contribution in [3.63, 3.8) is 0 Å². The van der Waals surface area contributed by atoms with Gasteiger partial charge in [-0.3, -0.25) is 0 Å². The summed E-state index contributed by atoms with van der Waals surface area (Å²) < 4.78 is 16.6. The van der Waals surface area contributed by atoms with Crippen LogP contribution in [0.15, 0.2) is 0 Å². The Bertz CT molecular complexity index is 51.9. The molecule has 4 heteroatoms. The molecular formula is CHNO2S. The fourth-order valence-corrected chi connectivity index (χ4v) is 0. The van der Waals surface area contributed by atoms with Crippen molar-refractivity contribution in [2.24, 2.45) is 0 Å². The van der Waals surface area contributed by atoms with E-state index >= 15 is 0 Å². The van der Waals surface area contributed by atoms with Gasteiger partial charge in [0.15, 0.2) is 0 Å². The van der Waals surface area contributed by atoms with Crippen molar-refractivity contribution < 1.29 is 8.42 Å². The molecule has 0 saturated carbocycles. The van der Waals surface area contributed by atoms with E-state index in [2.05, 4.69) is 6.57 Å². The van der Waals surface area contributed by atoms with Gasteiger partial charge < -0.3 is 0 Å². The van der Waals surface area contributed by atoms with E-state index < -0.39 is 11.6 Å². The highest BCUT2D eigenvalue weighted by Crippen LogP contribution is 0.846. The lowest BCUT2D eigenvalue weighted by Crippen LogP contribution is -1.18. The van der Waals surface area contributed by atoms with Crippen molar-refractivity contribution in [3.8, 4) is 6.57 Å². The van der Waals surface area contributed by atoms with Crippen LogP contribution in [0.1, 0.15) is 0 Å². The number of nitriles is 1. The van der Waals surface area contributed by atoms with Crippen molar-refractivity contribution >= 4 is 11.6 Å². The highest BCUT2D eigenvalue weighted by atomic mass is 32.1. The molecule has 5 heavy (non-hydrogen) atoms. The number of hydrogen-bond donors (Lipinski definition) is 0. The van der Waals surface area contributed by atoms with Gasteiger partial charge in [-0.25, -0.2) is 5.26 Å². The summed E-state index contributed by atoms with van der Waals surface area (Å²) >= 11 is -0.750. The third-order valence-corrected chi connectivity index (χ3v) is 0. The quantitative estimate of drug-likeness (QED) is 0.402.